The van der Waals surface area contributed by atoms with Crippen LogP contribution in [-0.4, -0.2) is 11.4 Å². The molecule has 2 rings (SSSR count). The zero-order valence-electron chi connectivity index (χ0n) is 13.2. The minimum atomic E-state index is -0.407. The average molecular weight is 262 g/mol. The first kappa shape index (κ1) is 17.4. The lowest BCUT2D eigenvalue weighted by Gasteiger charge is -2.30. The van der Waals surface area contributed by atoms with Gasteiger partial charge in [0.1, 0.15) is 11.4 Å². The summed E-state index contributed by atoms with van der Waals surface area (Å²) < 4.78 is 5.77. The molecule has 1 aromatic carbocycles. The number of benzene rings is 1. The first-order valence-corrected chi connectivity index (χ1v) is 7.02. The Balaban J connectivity index is 0.000000741. The van der Waals surface area contributed by atoms with Crippen LogP contribution in [0.4, 0.5) is 0 Å². The average Bonchev–Trinajstić information content (AvgIpc) is 2.41. The second-order valence-electron chi connectivity index (χ2n) is 4.32. The number of ketones is 1. The molecule has 0 atom stereocenters. The molecule has 1 heterocycles. The molecular weight excluding hydrogens is 236 g/mol. The zero-order chi connectivity index (χ0) is 15.1. The molecule has 0 saturated heterocycles. The van der Waals surface area contributed by atoms with Gasteiger partial charge in [0.05, 0.1) is 0 Å². The third-order valence-corrected chi connectivity index (χ3v) is 2.42. The van der Waals surface area contributed by atoms with Crippen LogP contribution in [-0.2, 0) is 4.79 Å². The Morgan fingerprint density at radius 3 is 2.11 bits per heavy atom. The van der Waals surface area contributed by atoms with Crippen molar-refractivity contribution in [2.75, 3.05) is 0 Å². The summed E-state index contributed by atoms with van der Waals surface area (Å²) in [5, 5.41) is 0. The van der Waals surface area contributed by atoms with Crippen LogP contribution >= 0.6 is 0 Å². The van der Waals surface area contributed by atoms with Crippen LogP contribution in [0.5, 0.6) is 5.75 Å². The molecule has 0 fully saturated rings. The highest BCUT2D eigenvalue weighted by Crippen LogP contribution is 2.35. The predicted octanol–water partition coefficient (Wildman–Crippen LogP) is 4.88. The lowest BCUT2D eigenvalue weighted by atomic mass is 9.93. The van der Waals surface area contributed by atoms with Gasteiger partial charge in [0, 0.05) is 11.1 Å². The van der Waals surface area contributed by atoms with Gasteiger partial charge in [-0.15, -0.1) is 0 Å². The number of hydrogen-bond donors (Lipinski definition) is 0. The van der Waals surface area contributed by atoms with Crippen molar-refractivity contribution < 1.29 is 9.53 Å². The molecule has 0 N–H and O–H groups in total. The standard InChI is InChI=1S/C13H14O2.2C2H6/c1-9(14)11-8-13(2,3)15-12-7-5-4-6-10(11)12;2*1-2/h4-8H,1-3H3;2*1-2H3. The van der Waals surface area contributed by atoms with Crippen LogP contribution in [0.3, 0.4) is 0 Å². The molecule has 1 aromatic rings. The topological polar surface area (TPSA) is 26.3 Å². The molecule has 1 aliphatic rings. The summed E-state index contributed by atoms with van der Waals surface area (Å²) in [4.78, 5) is 11.5. The van der Waals surface area contributed by atoms with Gasteiger partial charge in [-0.3, -0.25) is 4.79 Å². The van der Waals surface area contributed by atoms with Gasteiger partial charge in [0.25, 0.3) is 0 Å². The van der Waals surface area contributed by atoms with E-state index in [1.807, 2.05) is 71.9 Å². The van der Waals surface area contributed by atoms with Crippen molar-refractivity contribution in [2.24, 2.45) is 0 Å². The van der Waals surface area contributed by atoms with Gasteiger partial charge in [0.2, 0.25) is 0 Å². The van der Waals surface area contributed by atoms with E-state index in [9.17, 15) is 4.79 Å². The van der Waals surface area contributed by atoms with Crippen LogP contribution < -0.4 is 4.74 Å². The first-order valence-electron chi connectivity index (χ1n) is 7.02. The Hall–Kier alpha value is -1.57. The fraction of sp³-hybridized carbons (Fsp3) is 0.471. The van der Waals surface area contributed by atoms with Gasteiger partial charge in [-0.1, -0.05) is 45.9 Å². The lowest BCUT2D eigenvalue weighted by Crippen LogP contribution is -2.29. The van der Waals surface area contributed by atoms with Gasteiger partial charge >= 0.3 is 0 Å². The lowest BCUT2D eigenvalue weighted by molar-refractivity contribution is -0.111. The van der Waals surface area contributed by atoms with Gasteiger partial charge in [-0.25, -0.2) is 0 Å². The van der Waals surface area contributed by atoms with E-state index in [-0.39, 0.29) is 5.78 Å². The van der Waals surface area contributed by atoms with E-state index in [0.717, 1.165) is 16.9 Å². The quantitative estimate of drug-likeness (QED) is 0.720. The molecule has 0 radical (unpaired) electrons. The monoisotopic (exact) mass is 262 g/mol. The van der Waals surface area contributed by atoms with Crippen molar-refractivity contribution in [3.63, 3.8) is 0 Å². The summed E-state index contributed by atoms with van der Waals surface area (Å²) in [6.07, 6.45) is 1.89. The molecular formula is C17H26O2. The Labute approximate surface area is 117 Å². The van der Waals surface area contributed by atoms with Crippen LogP contribution in [0.2, 0.25) is 0 Å². The van der Waals surface area contributed by atoms with E-state index in [1.165, 1.54) is 0 Å². The van der Waals surface area contributed by atoms with Crippen molar-refractivity contribution in [3.8, 4) is 5.75 Å². The molecule has 2 nitrogen and oxygen atoms in total. The van der Waals surface area contributed by atoms with Crippen LogP contribution in [0.15, 0.2) is 30.3 Å². The molecule has 19 heavy (non-hydrogen) atoms. The molecule has 106 valence electrons. The fourth-order valence-electron chi connectivity index (χ4n) is 1.81. The highest BCUT2D eigenvalue weighted by atomic mass is 16.5. The number of allylic oxidation sites excluding steroid dienone is 1. The second-order valence-corrected chi connectivity index (χ2v) is 4.32. The Morgan fingerprint density at radius 1 is 1.05 bits per heavy atom. The van der Waals surface area contributed by atoms with E-state index in [4.69, 9.17) is 4.74 Å². The summed E-state index contributed by atoms with van der Waals surface area (Å²) in [6.45, 7) is 13.5. The minimum absolute atomic E-state index is 0.0822. The Kier molecular flexibility index (Phi) is 7.13. The molecule has 0 amide bonds. The highest BCUT2D eigenvalue weighted by molar-refractivity contribution is 6.20. The maximum absolute atomic E-state index is 11.5. The molecule has 0 aliphatic carbocycles. The smallest absolute Gasteiger partial charge is 0.160 e. The second kappa shape index (κ2) is 7.78. The number of Topliss-reactive ketones (excluding diaryl/α,β-unsaturated/α-hetero) is 1. The van der Waals surface area contributed by atoms with Crippen molar-refractivity contribution in [3.05, 3.63) is 35.9 Å². The Morgan fingerprint density at radius 2 is 1.58 bits per heavy atom. The summed E-state index contributed by atoms with van der Waals surface area (Å²) in [5.74, 6) is 0.869. The normalized spacial score (nSPS) is 14.4. The summed E-state index contributed by atoms with van der Waals surface area (Å²) in [5.41, 5.74) is 1.24. The van der Waals surface area contributed by atoms with E-state index < -0.39 is 5.60 Å². The van der Waals surface area contributed by atoms with Gasteiger partial charge in [-0.2, -0.15) is 0 Å². The van der Waals surface area contributed by atoms with Gasteiger partial charge in [-0.05, 0) is 32.9 Å². The molecule has 0 bridgehead atoms. The molecule has 2 heteroatoms. The van der Waals surface area contributed by atoms with E-state index in [2.05, 4.69) is 0 Å². The number of ether oxygens (including phenoxy) is 1. The molecule has 0 unspecified atom stereocenters. The minimum Gasteiger partial charge on any atom is -0.483 e. The van der Waals surface area contributed by atoms with Crippen molar-refractivity contribution in [1.82, 2.24) is 0 Å². The SMILES string of the molecule is CC.CC.CC(=O)C1=CC(C)(C)Oc2ccccc21. The molecule has 0 aromatic heterocycles. The number of rotatable bonds is 1. The van der Waals surface area contributed by atoms with Crippen LogP contribution in [0.25, 0.3) is 5.57 Å². The van der Waals surface area contributed by atoms with Crippen LogP contribution in [0, 0.1) is 0 Å². The van der Waals surface area contributed by atoms with E-state index >= 15 is 0 Å². The Bertz CT molecular complexity index is 442. The van der Waals surface area contributed by atoms with Crippen molar-refractivity contribution >= 4 is 11.4 Å². The number of carbonyl (C=O) groups excluding carboxylic acids is 1. The maximum Gasteiger partial charge on any atom is 0.160 e. The summed E-state index contributed by atoms with van der Waals surface area (Å²) in [7, 11) is 0. The fourth-order valence-corrected chi connectivity index (χ4v) is 1.81. The number of fused-ring (bicyclic) bond motifs is 1. The van der Waals surface area contributed by atoms with Crippen LogP contribution in [0.1, 0.15) is 54.0 Å². The highest BCUT2D eigenvalue weighted by Gasteiger charge is 2.27. The molecule has 0 saturated carbocycles. The first-order chi connectivity index (χ1) is 8.99. The van der Waals surface area contributed by atoms with E-state index in [1.54, 1.807) is 6.92 Å². The molecule has 0 spiro atoms. The number of hydrogen-bond acceptors (Lipinski definition) is 2. The van der Waals surface area contributed by atoms with Crippen molar-refractivity contribution in [2.45, 2.75) is 54.1 Å². The van der Waals surface area contributed by atoms with Gasteiger partial charge < -0.3 is 4.74 Å². The zero-order valence-corrected chi connectivity index (χ0v) is 13.2. The summed E-state index contributed by atoms with van der Waals surface area (Å²) >= 11 is 0. The molecule has 1 aliphatic heterocycles. The van der Waals surface area contributed by atoms with Crippen molar-refractivity contribution in [1.29, 1.82) is 0 Å². The summed E-state index contributed by atoms with van der Waals surface area (Å²) in [6, 6.07) is 7.64. The van der Waals surface area contributed by atoms with E-state index in [0.29, 0.717) is 0 Å². The third-order valence-electron chi connectivity index (χ3n) is 2.42. The predicted molar refractivity (Wildman–Crippen MR) is 82.5 cm³/mol. The maximum atomic E-state index is 11.5. The largest absolute Gasteiger partial charge is 0.483 e. The third kappa shape index (κ3) is 4.55. The van der Waals surface area contributed by atoms with Gasteiger partial charge in [0.15, 0.2) is 5.78 Å². The number of para-hydroxylation sites is 1. The number of carbonyl (C=O) groups is 1.